The van der Waals surface area contributed by atoms with Gasteiger partial charge in [0.2, 0.25) is 0 Å². The van der Waals surface area contributed by atoms with Gasteiger partial charge in [0.05, 0.1) is 25.4 Å². The van der Waals surface area contributed by atoms with Crippen LogP contribution in [0.4, 0.5) is 5.69 Å². The molecule has 0 spiro atoms. The lowest BCUT2D eigenvalue weighted by molar-refractivity contribution is 0.134. The number of anilines is 1. The average Bonchev–Trinajstić information content (AvgIpc) is 2.74. The second-order valence-electron chi connectivity index (χ2n) is 4.21. The molecule has 2 heterocycles. The lowest BCUT2D eigenvalue weighted by atomic mass is 10.1. The normalized spacial score (nSPS) is 17.9. The van der Waals surface area contributed by atoms with E-state index in [1.54, 1.807) is 0 Å². The summed E-state index contributed by atoms with van der Waals surface area (Å²) in [5.74, 6) is 0.976. The quantitative estimate of drug-likeness (QED) is 0.803. The molecule has 0 bridgehead atoms. The van der Waals surface area contributed by atoms with Crippen molar-refractivity contribution in [1.29, 1.82) is 0 Å². The Morgan fingerprint density at radius 2 is 2.06 bits per heavy atom. The molecule has 0 saturated heterocycles. The largest absolute Gasteiger partial charge is 0.490 e. The maximum atomic E-state index is 5.69. The minimum atomic E-state index is 0.674. The Hall–Kier alpha value is -1.26. The number of rotatable bonds is 2. The number of ether oxygens (including phenoxy) is 2. The molecule has 2 aliphatic rings. The van der Waals surface area contributed by atoms with E-state index in [-0.39, 0.29) is 0 Å². The predicted octanol–water partition coefficient (Wildman–Crippen LogP) is 0.874. The van der Waals surface area contributed by atoms with Crippen LogP contribution in [0.2, 0.25) is 0 Å². The van der Waals surface area contributed by atoms with E-state index in [0.717, 1.165) is 32.1 Å². The van der Waals surface area contributed by atoms with Crippen molar-refractivity contribution in [2.45, 2.75) is 13.2 Å². The minimum absolute atomic E-state index is 0.674. The highest BCUT2D eigenvalue weighted by atomic mass is 16.5. The maximum absolute atomic E-state index is 5.69. The molecule has 0 radical (unpaired) electrons. The zero-order valence-electron chi connectivity index (χ0n) is 9.24. The number of fused-ring (bicyclic) bond motifs is 2. The topological polar surface area (TPSA) is 47.7 Å². The minimum Gasteiger partial charge on any atom is -0.490 e. The van der Waals surface area contributed by atoms with Gasteiger partial charge in [-0.3, -0.25) is 0 Å². The fraction of sp³-hybridized carbons (Fsp3) is 0.500. The Morgan fingerprint density at radius 3 is 2.88 bits per heavy atom. The first-order valence-electron chi connectivity index (χ1n) is 5.70. The van der Waals surface area contributed by atoms with Crippen LogP contribution in [0.3, 0.4) is 0 Å². The van der Waals surface area contributed by atoms with Crippen LogP contribution < -0.4 is 15.4 Å². The van der Waals surface area contributed by atoms with E-state index < -0.39 is 0 Å². The van der Waals surface area contributed by atoms with E-state index in [2.05, 4.69) is 17.0 Å². The van der Waals surface area contributed by atoms with E-state index >= 15 is 0 Å². The molecular weight excluding hydrogens is 204 g/mol. The van der Waals surface area contributed by atoms with Gasteiger partial charge in [-0.05, 0) is 23.3 Å². The molecule has 2 N–H and O–H groups in total. The summed E-state index contributed by atoms with van der Waals surface area (Å²) in [5.41, 5.74) is 9.33. The van der Waals surface area contributed by atoms with Gasteiger partial charge in [0.1, 0.15) is 12.4 Å². The highest BCUT2D eigenvalue weighted by Gasteiger charge is 2.22. The van der Waals surface area contributed by atoms with Gasteiger partial charge < -0.3 is 20.1 Å². The molecule has 0 saturated carbocycles. The smallest absolute Gasteiger partial charge is 0.143 e. The van der Waals surface area contributed by atoms with Gasteiger partial charge >= 0.3 is 0 Å². The number of benzene rings is 1. The van der Waals surface area contributed by atoms with Crippen molar-refractivity contribution in [2.24, 2.45) is 5.73 Å². The Balaban J connectivity index is 2.00. The van der Waals surface area contributed by atoms with E-state index in [9.17, 15) is 0 Å². The molecule has 0 aromatic heterocycles. The molecular formula is C12H16N2O2. The summed E-state index contributed by atoms with van der Waals surface area (Å²) < 4.78 is 11.1. The van der Waals surface area contributed by atoms with Gasteiger partial charge in [-0.2, -0.15) is 0 Å². The predicted molar refractivity (Wildman–Crippen MR) is 61.7 cm³/mol. The third-order valence-electron chi connectivity index (χ3n) is 3.15. The SMILES string of the molecule is NCCN1CCOc2cc3c(cc21)COC3. The molecule has 0 amide bonds. The molecule has 3 rings (SSSR count). The summed E-state index contributed by atoms with van der Waals surface area (Å²) in [7, 11) is 0. The van der Waals surface area contributed by atoms with E-state index in [4.69, 9.17) is 15.2 Å². The van der Waals surface area contributed by atoms with Crippen LogP contribution in [0.25, 0.3) is 0 Å². The number of nitrogens with zero attached hydrogens (tertiary/aromatic N) is 1. The van der Waals surface area contributed by atoms with Gasteiger partial charge in [-0.1, -0.05) is 0 Å². The average molecular weight is 220 g/mol. The first-order valence-corrected chi connectivity index (χ1v) is 5.70. The van der Waals surface area contributed by atoms with Crippen LogP contribution in [-0.4, -0.2) is 26.2 Å². The van der Waals surface area contributed by atoms with Gasteiger partial charge in [0.25, 0.3) is 0 Å². The summed E-state index contributed by atoms with van der Waals surface area (Å²) >= 11 is 0. The summed E-state index contributed by atoms with van der Waals surface area (Å²) in [6.07, 6.45) is 0. The van der Waals surface area contributed by atoms with E-state index in [0.29, 0.717) is 13.2 Å². The molecule has 0 fully saturated rings. The highest BCUT2D eigenvalue weighted by molar-refractivity contribution is 5.63. The van der Waals surface area contributed by atoms with Crippen LogP contribution in [-0.2, 0) is 18.0 Å². The van der Waals surface area contributed by atoms with Crippen LogP contribution >= 0.6 is 0 Å². The number of hydrogen-bond acceptors (Lipinski definition) is 4. The van der Waals surface area contributed by atoms with Gasteiger partial charge in [0, 0.05) is 13.1 Å². The fourth-order valence-electron chi connectivity index (χ4n) is 2.33. The van der Waals surface area contributed by atoms with Crippen molar-refractivity contribution < 1.29 is 9.47 Å². The standard InChI is InChI=1S/C12H16N2O2/c13-1-2-14-3-4-16-12-6-10-8-15-7-9(10)5-11(12)14/h5-6H,1-4,7-8,13H2. The van der Waals surface area contributed by atoms with Gasteiger partial charge in [0.15, 0.2) is 0 Å². The molecule has 4 nitrogen and oxygen atoms in total. The molecule has 2 aliphatic heterocycles. The van der Waals surface area contributed by atoms with E-state index in [1.165, 1.54) is 16.8 Å². The van der Waals surface area contributed by atoms with Crippen molar-refractivity contribution in [1.82, 2.24) is 0 Å². The van der Waals surface area contributed by atoms with Crippen LogP contribution in [0, 0.1) is 0 Å². The summed E-state index contributed by atoms with van der Waals surface area (Å²) in [4.78, 5) is 2.29. The highest BCUT2D eigenvalue weighted by Crippen LogP contribution is 2.36. The lowest BCUT2D eigenvalue weighted by Gasteiger charge is -2.31. The third-order valence-corrected chi connectivity index (χ3v) is 3.15. The number of hydrogen-bond donors (Lipinski definition) is 1. The Labute approximate surface area is 94.9 Å². The van der Waals surface area contributed by atoms with E-state index in [1.807, 2.05) is 0 Å². The molecule has 86 valence electrons. The third kappa shape index (κ3) is 1.54. The lowest BCUT2D eigenvalue weighted by Crippen LogP contribution is -2.36. The summed E-state index contributed by atoms with van der Waals surface area (Å²) in [6.45, 7) is 4.65. The van der Waals surface area contributed by atoms with Gasteiger partial charge in [-0.15, -0.1) is 0 Å². The van der Waals surface area contributed by atoms with Crippen molar-refractivity contribution in [3.63, 3.8) is 0 Å². The summed E-state index contributed by atoms with van der Waals surface area (Å²) in [6, 6.07) is 4.30. The first-order chi connectivity index (χ1) is 7.88. The Morgan fingerprint density at radius 1 is 1.25 bits per heavy atom. The van der Waals surface area contributed by atoms with Crippen molar-refractivity contribution >= 4 is 5.69 Å². The Kier molecular flexibility index (Phi) is 2.46. The van der Waals surface area contributed by atoms with Gasteiger partial charge in [-0.25, -0.2) is 0 Å². The zero-order valence-corrected chi connectivity index (χ0v) is 9.24. The monoisotopic (exact) mass is 220 g/mol. The molecule has 16 heavy (non-hydrogen) atoms. The van der Waals surface area contributed by atoms with Crippen LogP contribution in [0.5, 0.6) is 5.75 Å². The molecule has 0 aliphatic carbocycles. The molecule has 1 aromatic rings. The second kappa shape index (κ2) is 3.96. The van der Waals surface area contributed by atoms with Crippen molar-refractivity contribution in [3.8, 4) is 5.75 Å². The molecule has 0 unspecified atom stereocenters. The molecule has 1 aromatic carbocycles. The van der Waals surface area contributed by atoms with Crippen molar-refractivity contribution in [2.75, 3.05) is 31.1 Å². The fourth-order valence-corrected chi connectivity index (χ4v) is 2.33. The Bertz CT molecular complexity index is 406. The van der Waals surface area contributed by atoms with Crippen LogP contribution in [0.1, 0.15) is 11.1 Å². The zero-order chi connectivity index (χ0) is 11.0. The molecule has 0 atom stereocenters. The number of nitrogens with two attached hydrogens (primary N) is 1. The van der Waals surface area contributed by atoms with Crippen LogP contribution in [0.15, 0.2) is 12.1 Å². The maximum Gasteiger partial charge on any atom is 0.143 e. The van der Waals surface area contributed by atoms with Crippen molar-refractivity contribution in [3.05, 3.63) is 23.3 Å². The summed E-state index contributed by atoms with van der Waals surface area (Å²) in [5, 5.41) is 0. The second-order valence-corrected chi connectivity index (χ2v) is 4.21. The first kappa shape index (κ1) is 9.93. The molecule has 4 heteroatoms.